The SMILES string of the molecule is NC(=O)c1cccc(CNc2cccc3cccnc23)c1. The van der Waals surface area contributed by atoms with E-state index in [1.54, 1.807) is 18.3 Å². The van der Waals surface area contributed by atoms with Crippen molar-refractivity contribution in [1.29, 1.82) is 0 Å². The van der Waals surface area contributed by atoms with Crippen LogP contribution in [0.25, 0.3) is 10.9 Å². The predicted molar refractivity (Wildman–Crippen MR) is 84.0 cm³/mol. The Kier molecular flexibility index (Phi) is 3.51. The van der Waals surface area contributed by atoms with Crippen molar-refractivity contribution < 1.29 is 4.79 Å². The Morgan fingerprint density at radius 1 is 1.10 bits per heavy atom. The lowest BCUT2D eigenvalue weighted by Gasteiger charge is -2.09. The molecular formula is C17H15N3O. The maximum absolute atomic E-state index is 11.2. The number of nitrogens with zero attached hydrogens (tertiary/aromatic N) is 1. The van der Waals surface area contributed by atoms with Gasteiger partial charge in [0.05, 0.1) is 11.2 Å². The summed E-state index contributed by atoms with van der Waals surface area (Å²) in [6, 6.07) is 17.3. The monoisotopic (exact) mass is 277 g/mol. The Morgan fingerprint density at radius 2 is 1.90 bits per heavy atom. The minimum absolute atomic E-state index is 0.413. The molecule has 4 heteroatoms. The highest BCUT2D eigenvalue weighted by molar-refractivity contribution is 5.93. The molecule has 3 aromatic rings. The van der Waals surface area contributed by atoms with Crippen LogP contribution in [0, 0.1) is 0 Å². The summed E-state index contributed by atoms with van der Waals surface area (Å²) in [5.74, 6) is -0.413. The van der Waals surface area contributed by atoms with Gasteiger partial charge in [-0.1, -0.05) is 30.3 Å². The summed E-state index contributed by atoms with van der Waals surface area (Å²) in [5, 5.41) is 4.45. The smallest absolute Gasteiger partial charge is 0.248 e. The summed E-state index contributed by atoms with van der Waals surface area (Å²) >= 11 is 0. The van der Waals surface area contributed by atoms with Crippen LogP contribution in [0.4, 0.5) is 5.69 Å². The number of aromatic nitrogens is 1. The summed E-state index contributed by atoms with van der Waals surface area (Å²) < 4.78 is 0. The normalized spacial score (nSPS) is 10.5. The number of pyridine rings is 1. The van der Waals surface area contributed by atoms with E-state index in [0.29, 0.717) is 12.1 Å². The Labute approximate surface area is 122 Å². The molecule has 1 heterocycles. The van der Waals surface area contributed by atoms with Gasteiger partial charge >= 0.3 is 0 Å². The summed E-state index contributed by atoms with van der Waals surface area (Å²) in [5.41, 5.74) is 8.72. The van der Waals surface area contributed by atoms with Crippen LogP contribution in [0.5, 0.6) is 0 Å². The van der Waals surface area contributed by atoms with Gasteiger partial charge in [0, 0.05) is 23.7 Å². The zero-order valence-corrected chi connectivity index (χ0v) is 11.4. The fraction of sp³-hybridized carbons (Fsp3) is 0.0588. The topological polar surface area (TPSA) is 68.0 Å². The molecule has 0 bridgehead atoms. The first kappa shape index (κ1) is 13.1. The zero-order chi connectivity index (χ0) is 14.7. The molecule has 3 rings (SSSR count). The van der Waals surface area contributed by atoms with Crippen LogP contribution < -0.4 is 11.1 Å². The number of para-hydroxylation sites is 1. The highest BCUT2D eigenvalue weighted by Gasteiger charge is 2.03. The summed E-state index contributed by atoms with van der Waals surface area (Å²) in [7, 11) is 0. The highest BCUT2D eigenvalue weighted by atomic mass is 16.1. The molecule has 2 aromatic carbocycles. The van der Waals surface area contributed by atoms with Gasteiger partial charge in [0.2, 0.25) is 5.91 Å². The van der Waals surface area contributed by atoms with Crippen molar-refractivity contribution in [2.75, 3.05) is 5.32 Å². The Bertz CT molecular complexity index is 793. The second kappa shape index (κ2) is 5.63. The van der Waals surface area contributed by atoms with E-state index in [4.69, 9.17) is 5.73 Å². The van der Waals surface area contributed by atoms with E-state index in [-0.39, 0.29) is 0 Å². The van der Waals surface area contributed by atoms with Gasteiger partial charge in [0.1, 0.15) is 0 Å². The summed E-state index contributed by atoms with van der Waals surface area (Å²) in [6.07, 6.45) is 1.78. The number of anilines is 1. The lowest BCUT2D eigenvalue weighted by Crippen LogP contribution is -2.11. The van der Waals surface area contributed by atoms with Gasteiger partial charge in [0.25, 0.3) is 0 Å². The predicted octanol–water partition coefficient (Wildman–Crippen LogP) is 2.95. The van der Waals surface area contributed by atoms with Crippen LogP contribution in [0.3, 0.4) is 0 Å². The lowest BCUT2D eigenvalue weighted by atomic mass is 10.1. The summed E-state index contributed by atoms with van der Waals surface area (Å²) in [6.45, 7) is 0.608. The van der Waals surface area contributed by atoms with Crippen LogP contribution in [0.15, 0.2) is 60.8 Å². The van der Waals surface area contributed by atoms with Crippen molar-refractivity contribution in [3.8, 4) is 0 Å². The first-order chi connectivity index (χ1) is 10.2. The molecule has 0 aliphatic carbocycles. The van der Waals surface area contributed by atoms with Crippen molar-refractivity contribution in [2.24, 2.45) is 5.73 Å². The minimum atomic E-state index is -0.413. The first-order valence-electron chi connectivity index (χ1n) is 6.70. The molecule has 0 atom stereocenters. The number of hydrogen-bond donors (Lipinski definition) is 2. The van der Waals surface area contributed by atoms with Crippen molar-refractivity contribution in [3.63, 3.8) is 0 Å². The number of carbonyl (C=O) groups excluding carboxylic acids is 1. The number of amides is 1. The van der Waals surface area contributed by atoms with E-state index >= 15 is 0 Å². The van der Waals surface area contributed by atoms with Crippen molar-refractivity contribution in [3.05, 3.63) is 71.9 Å². The molecule has 0 aliphatic heterocycles. The molecular weight excluding hydrogens is 262 g/mol. The lowest BCUT2D eigenvalue weighted by molar-refractivity contribution is 0.1000. The minimum Gasteiger partial charge on any atom is -0.379 e. The summed E-state index contributed by atoms with van der Waals surface area (Å²) in [4.78, 5) is 15.6. The van der Waals surface area contributed by atoms with E-state index in [1.807, 2.05) is 42.5 Å². The van der Waals surface area contributed by atoms with Gasteiger partial charge in [-0.15, -0.1) is 0 Å². The quantitative estimate of drug-likeness (QED) is 0.770. The third kappa shape index (κ3) is 2.84. The van der Waals surface area contributed by atoms with Crippen LogP contribution in [-0.4, -0.2) is 10.9 Å². The Hall–Kier alpha value is -2.88. The molecule has 0 aliphatic rings. The van der Waals surface area contributed by atoms with Gasteiger partial charge in [-0.05, 0) is 29.8 Å². The van der Waals surface area contributed by atoms with Gasteiger partial charge in [-0.3, -0.25) is 9.78 Å². The van der Waals surface area contributed by atoms with Crippen LogP contribution in [-0.2, 0) is 6.54 Å². The molecule has 0 spiro atoms. The van der Waals surface area contributed by atoms with Crippen LogP contribution >= 0.6 is 0 Å². The van der Waals surface area contributed by atoms with Gasteiger partial charge in [-0.25, -0.2) is 0 Å². The average molecular weight is 277 g/mol. The molecule has 1 aromatic heterocycles. The third-order valence-electron chi connectivity index (χ3n) is 3.33. The molecule has 21 heavy (non-hydrogen) atoms. The molecule has 0 saturated heterocycles. The van der Waals surface area contributed by atoms with E-state index < -0.39 is 5.91 Å². The largest absolute Gasteiger partial charge is 0.379 e. The van der Waals surface area contributed by atoms with Crippen LogP contribution in [0.1, 0.15) is 15.9 Å². The molecule has 0 unspecified atom stereocenters. The van der Waals surface area contributed by atoms with Crippen molar-refractivity contribution >= 4 is 22.5 Å². The number of nitrogens with one attached hydrogen (secondary N) is 1. The second-order valence-corrected chi connectivity index (χ2v) is 4.80. The Balaban J connectivity index is 1.84. The number of carbonyl (C=O) groups is 1. The molecule has 4 nitrogen and oxygen atoms in total. The standard InChI is InChI=1S/C17H15N3O/c18-17(21)14-6-1-4-12(10-14)11-20-15-8-2-5-13-7-3-9-19-16(13)15/h1-10,20H,11H2,(H2,18,21). The number of benzene rings is 2. The van der Waals surface area contributed by atoms with E-state index in [2.05, 4.69) is 10.3 Å². The van der Waals surface area contributed by atoms with Crippen molar-refractivity contribution in [2.45, 2.75) is 6.54 Å². The first-order valence-corrected chi connectivity index (χ1v) is 6.70. The van der Waals surface area contributed by atoms with Crippen molar-refractivity contribution in [1.82, 2.24) is 4.98 Å². The number of fused-ring (bicyclic) bond motifs is 1. The zero-order valence-electron chi connectivity index (χ0n) is 11.4. The average Bonchev–Trinajstić information content (AvgIpc) is 2.53. The highest BCUT2D eigenvalue weighted by Crippen LogP contribution is 2.21. The van der Waals surface area contributed by atoms with Gasteiger partial charge in [0.15, 0.2) is 0 Å². The fourth-order valence-corrected chi connectivity index (χ4v) is 2.28. The second-order valence-electron chi connectivity index (χ2n) is 4.80. The number of primary amides is 1. The maximum atomic E-state index is 11.2. The van der Waals surface area contributed by atoms with Crippen LogP contribution in [0.2, 0.25) is 0 Å². The molecule has 104 valence electrons. The number of rotatable bonds is 4. The molecule has 1 amide bonds. The molecule has 3 N–H and O–H groups in total. The van der Waals surface area contributed by atoms with Gasteiger partial charge in [-0.2, -0.15) is 0 Å². The maximum Gasteiger partial charge on any atom is 0.248 e. The van der Waals surface area contributed by atoms with E-state index in [0.717, 1.165) is 22.2 Å². The Morgan fingerprint density at radius 3 is 2.76 bits per heavy atom. The van der Waals surface area contributed by atoms with E-state index in [1.165, 1.54) is 0 Å². The number of nitrogens with two attached hydrogens (primary N) is 1. The number of hydrogen-bond acceptors (Lipinski definition) is 3. The van der Waals surface area contributed by atoms with E-state index in [9.17, 15) is 4.79 Å². The molecule has 0 radical (unpaired) electrons. The molecule has 0 fully saturated rings. The third-order valence-corrected chi connectivity index (χ3v) is 3.33. The van der Waals surface area contributed by atoms with Gasteiger partial charge < -0.3 is 11.1 Å². The fourth-order valence-electron chi connectivity index (χ4n) is 2.28. The molecule has 0 saturated carbocycles.